The molecule has 0 saturated heterocycles. The highest BCUT2D eigenvalue weighted by Crippen LogP contribution is 2.21. The van der Waals surface area contributed by atoms with Gasteiger partial charge in [-0.3, -0.25) is 9.78 Å². The van der Waals surface area contributed by atoms with Crippen molar-refractivity contribution < 1.29 is 4.79 Å². The van der Waals surface area contributed by atoms with Crippen molar-refractivity contribution in [3.8, 4) is 0 Å². The van der Waals surface area contributed by atoms with Crippen LogP contribution in [0.4, 0.5) is 0 Å². The Morgan fingerprint density at radius 3 is 2.70 bits per heavy atom. The Bertz CT molecular complexity index is 594. The van der Waals surface area contributed by atoms with Gasteiger partial charge in [-0.1, -0.05) is 6.07 Å². The van der Waals surface area contributed by atoms with Crippen LogP contribution in [-0.4, -0.2) is 27.8 Å². The molecule has 2 aromatic rings. The van der Waals surface area contributed by atoms with Crippen LogP contribution in [0, 0.1) is 13.8 Å². The van der Waals surface area contributed by atoms with Gasteiger partial charge in [0.15, 0.2) is 0 Å². The Balaban J connectivity index is 2.07. The minimum Gasteiger partial charge on any atom is -0.337 e. The molecule has 0 fully saturated rings. The Morgan fingerprint density at radius 1 is 1.40 bits per heavy atom. The first kappa shape index (κ1) is 14.7. The van der Waals surface area contributed by atoms with Crippen LogP contribution in [0.5, 0.6) is 0 Å². The summed E-state index contributed by atoms with van der Waals surface area (Å²) in [4.78, 5) is 23.8. The SMILES string of the molecule is Cc1nc(C)c(CC(=O)N(C)[C@@H](C)c2ccccn2)s1. The molecule has 0 aliphatic rings. The van der Waals surface area contributed by atoms with E-state index in [1.807, 2.05) is 46.0 Å². The number of carbonyl (C=O) groups is 1. The van der Waals surface area contributed by atoms with Crippen LogP contribution >= 0.6 is 11.3 Å². The molecule has 0 unspecified atom stereocenters. The molecule has 1 amide bonds. The molecular formula is C15H19N3OS. The molecule has 5 heteroatoms. The zero-order valence-electron chi connectivity index (χ0n) is 12.3. The number of nitrogens with zero attached hydrogens (tertiary/aromatic N) is 3. The van der Waals surface area contributed by atoms with Crippen LogP contribution in [0.2, 0.25) is 0 Å². The lowest BCUT2D eigenvalue weighted by Gasteiger charge is -2.24. The average Bonchev–Trinajstić information content (AvgIpc) is 2.76. The fraction of sp³-hybridized carbons (Fsp3) is 0.400. The summed E-state index contributed by atoms with van der Waals surface area (Å²) in [6.07, 6.45) is 2.16. The highest BCUT2D eigenvalue weighted by Gasteiger charge is 2.20. The number of carbonyl (C=O) groups excluding carboxylic acids is 1. The van der Waals surface area contributed by atoms with Crippen LogP contribution in [0.1, 0.15) is 34.2 Å². The van der Waals surface area contributed by atoms with Gasteiger partial charge in [0.05, 0.1) is 28.9 Å². The van der Waals surface area contributed by atoms with Gasteiger partial charge in [0.2, 0.25) is 5.91 Å². The normalized spacial score (nSPS) is 12.2. The fourth-order valence-corrected chi connectivity index (χ4v) is 2.97. The van der Waals surface area contributed by atoms with Crippen molar-refractivity contribution in [2.75, 3.05) is 7.05 Å². The smallest absolute Gasteiger partial charge is 0.228 e. The first-order valence-corrected chi connectivity index (χ1v) is 7.40. The minimum absolute atomic E-state index is 0.0296. The summed E-state index contributed by atoms with van der Waals surface area (Å²) in [5.74, 6) is 0.0925. The summed E-state index contributed by atoms with van der Waals surface area (Å²) in [6, 6.07) is 5.73. The number of hydrogen-bond acceptors (Lipinski definition) is 4. The molecule has 0 bridgehead atoms. The Hall–Kier alpha value is -1.75. The number of pyridine rings is 1. The maximum atomic E-state index is 12.4. The second kappa shape index (κ2) is 6.13. The van der Waals surface area contributed by atoms with E-state index in [0.717, 1.165) is 21.3 Å². The van der Waals surface area contributed by atoms with Crippen molar-refractivity contribution in [3.63, 3.8) is 0 Å². The Morgan fingerprint density at radius 2 is 2.15 bits per heavy atom. The van der Waals surface area contributed by atoms with Gasteiger partial charge in [0.1, 0.15) is 0 Å². The van der Waals surface area contributed by atoms with Gasteiger partial charge in [-0.05, 0) is 32.9 Å². The highest BCUT2D eigenvalue weighted by atomic mass is 32.1. The Labute approximate surface area is 123 Å². The van der Waals surface area contributed by atoms with Crippen molar-refractivity contribution >= 4 is 17.2 Å². The molecule has 2 rings (SSSR count). The van der Waals surface area contributed by atoms with E-state index < -0.39 is 0 Å². The molecule has 2 aromatic heterocycles. The number of thiazole rings is 1. The maximum absolute atomic E-state index is 12.4. The third-order valence-corrected chi connectivity index (χ3v) is 4.47. The number of amides is 1. The lowest BCUT2D eigenvalue weighted by atomic mass is 10.1. The molecule has 106 valence electrons. The van der Waals surface area contributed by atoms with E-state index in [-0.39, 0.29) is 11.9 Å². The molecule has 2 heterocycles. The maximum Gasteiger partial charge on any atom is 0.228 e. The Kier molecular flexibility index (Phi) is 4.49. The topological polar surface area (TPSA) is 46.1 Å². The zero-order valence-corrected chi connectivity index (χ0v) is 13.1. The second-order valence-corrected chi connectivity index (χ2v) is 6.14. The van der Waals surface area contributed by atoms with E-state index in [1.54, 1.807) is 22.4 Å². The van der Waals surface area contributed by atoms with E-state index >= 15 is 0 Å². The van der Waals surface area contributed by atoms with Crippen LogP contribution in [-0.2, 0) is 11.2 Å². The second-order valence-electron chi connectivity index (χ2n) is 4.85. The number of rotatable bonds is 4. The van der Waals surface area contributed by atoms with Gasteiger partial charge in [-0.15, -0.1) is 11.3 Å². The standard InChI is InChI=1S/C15H19N3OS/c1-10-14(20-12(3)17-10)9-15(19)18(4)11(2)13-7-5-6-8-16-13/h5-8,11H,9H2,1-4H3/t11-/m0/s1. The minimum atomic E-state index is -0.0296. The number of aromatic nitrogens is 2. The van der Waals surface area contributed by atoms with Crippen molar-refractivity contribution in [1.29, 1.82) is 0 Å². The van der Waals surface area contributed by atoms with Crippen LogP contribution < -0.4 is 0 Å². The van der Waals surface area contributed by atoms with E-state index in [0.29, 0.717) is 6.42 Å². The first-order chi connectivity index (χ1) is 9.49. The van der Waals surface area contributed by atoms with Gasteiger partial charge in [0.25, 0.3) is 0 Å². The lowest BCUT2D eigenvalue weighted by molar-refractivity contribution is -0.131. The summed E-state index contributed by atoms with van der Waals surface area (Å²) < 4.78 is 0. The van der Waals surface area contributed by atoms with Gasteiger partial charge in [0, 0.05) is 18.1 Å². The molecule has 0 saturated carbocycles. The molecule has 0 aliphatic carbocycles. The monoisotopic (exact) mass is 289 g/mol. The van der Waals surface area contributed by atoms with Gasteiger partial charge in [-0.25, -0.2) is 4.98 Å². The molecule has 0 aromatic carbocycles. The van der Waals surface area contributed by atoms with E-state index in [1.165, 1.54) is 0 Å². The number of hydrogen-bond donors (Lipinski definition) is 0. The third kappa shape index (κ3) is 3.22. The quantitative estimate of drug-likeness (QED) is 0.869. The van der Waals surface area contributed by atoms with Crippen LogP contribution in [0.15, 0.2) is 24.4 Å². The van der Waals surface area contributed by atoms with Crippen molar-refractivity contribution in [3.05, 3.63) is 45.7 Å². The largest absolute Gasteiger partial charge is 0.337 e. The fourth-order valence-electron chi connectivity index (χ4n) is 2.04. The summed E-state index contributed by atoms with van der Waals surface area (Å²) in [7, 11) is 1.82. The first-order valence-electron chi connectivity index (χ1n) is 6.58. The summed E-state index contributed by atoms with van der Waals surface area (Å²) in [5.41, 5.74) is 1.86. The summed E-state index contributed by atoms with van der Waals surface area (Å²) >= 11 is 1.59. The highest BCUT2D eigenvalue weighted by molar-refractivity contribution is 7.11. The van der Waals surface area contributed by atoms with Gasteiger partial charge >= 0.3 is 0 Å². The third-order valence-electron chi connectivity index (χ3n) is 3.40. The molecule has 20 heavy (non-hydrogen) atoms. The molecule has 1 atom stereocenters. The predicted octanol–water partition coefficient (Wildman–Crippen LogP) is 2.92. The van der Waals surface area contributed by atoms with E-state index in [4.69, 9.17) is 0 Å². The molecule has 0 radical (unpaired) electrons. The van der Waals surface area contributed by atoms with Crippen molar-refractivity contribution in [2.45, 2.75) is 33.2 Å². The predicted molar refractivity (Wildman–Crippen MR) is 80.7 cm³/mol. The average molecular weight is 289 g/mol. The molecule has 0 spiro atoms. The summed E-state index contributed by atoms with van der Waals surface area (Å²) in [5, 5.41) is 1.01. The summed E-state index contributed by atoms with van der Waals surface area (Å²) in [6.45, 7) is 5.91. The molecular weight excluding hydrogens is 270 g/mol. The van der Waals surface area contributed by atoms with Crippen LogP contribution in [0.25, 0.3) is 0 Å². The van der Waals surface area contributed by atoms with Gasteiger partial charge < -0.3 is 4.90 Å². The lowest BCUT2D eigenvalue weighted by Crippen LogP contribution is -2.31. The molecule has 0 N–H and O–H groups in total. The number of aryl methyl sites for hydroxylation is 2. The molecule has 0 aliphatic heterocycles. The number of likely N-dealkylation sites (N-methyl/N-ethyl adjacent to an activating group) is 1. The van der Waals surface area contributed by atoms with Crippen molar-refractivity contribution in [2.24, 2.45) is 0 Å². The van der Waals surface area contributed by atoms with E-state index in [2.05, 4.69) is 9.97 Å². The van der Waals surface area contributed by atoms with E-state index in [9.17, 15) is 4.79 Å². The van der Waals surface area contributed by atoms with Gasteiger partial charge in [-0.2, -0.15) is 0 Å². The van der Waals surface area contributed by atoms with Crippen molar-refractivity contribution in [1.82, 2.24) is 14.9 Å². The van der Waals surface area contributed by atoms with Crippen LogP contribution in [0.3, 0.4) is 0 Å². The molecule has 4 nitrogen and oxygen atoms in total. The zero-order chi connectivity index (χ0) is 14.7.